The molecule has 1 fully saturated rings. The molecule has 1 amide bonds. The molecule has 0 spiro atoms. The second kappa shape index (κ2) is 10.9. The lowest BCUT2D eigenvalue weighted by Gasteiger charge is -2.35. The molecular formula is C22H27FN2O6S. The first-order chi connectivity index (χ1) is 15.3. The van der Waals surface area contributed by atoms with E-state index in [9.17, 15) is 22.7 Å². The number of aliphatic hydroxyl groups is 1. The zero-order chi connectivity index (χ0) is 23.1. The molecule has 1 saturated heterocycles. The van der Waals surface area contributed by atoms with E-state index in [4.69, 9.17) is 9.47 Å². The molecule has 0 aliphatic carbocycles. The normalized spacial score (nSPS) is 21.2. The number of carbonyl (C=O) groups is 1. The van der Waals surface area contributed by atoms with Crippen molar-refractivity contribution in [1.82, 2.24) is 10.0 Å². The Kier molecular flexibility index (Phi) is 8.19. The second-order valence-electron chi connectivity index (χ2n) is 7.57. The molecule has 32 heavy (non-hydrogen) atoms. The Hall–Kier alpha value is -2.53. The fraction of sp³-hybridized carbons (Fsp3) is 0.409. The molecule has 0 aromatic heterocycles. The number of carbonyl (C=O) groups excluding carboxylic acids is 1. The van der Waals surface area contributed by atoms with Crippen LogP contribution in [0.15, 0.2) is 53.4 Å². The van der Waals surface area contributed by atoms with Gasteiger partial charge in [0.05, 0.1) is 43.3 Å². The number of hydrogen-bond donors (Lipinski definition) is 3. The highest BCUT2D eigenvalue weighted by Crippen LogP contribution is 2.24. The van der Waals surface area contributed by atoms with Gasteiger partial charge in [0.25, 0.3) is 0 Å². The molecule has 1 aliphatic rings. The molecule has 3 N–H and O–H groups in total. The lowest BCUT2D eigenvalue weighted by molar-refractivity contribution is -0.130. The minimum absolute atomic E-state index is 0.0517. The van der Waals surface area contributed by atoms with E-state index >= 15 is 0 Å². The number of methoxy groups -OCH3 is 1. The summed E-state index contributed by atoms with van der Waals surface area (Å²) < 4.78 is 51.9. The fourth-order valence-corrected chi connectivity index (χ4v) is 4.87. The van der Waals surface area contributed by atoms with Crippen molar-refractivity contribution in [1.29, 1.82) is 0 Å². The number of nitrogens with one attached hydrogen (secondary N) is 2. The highest BCUT2D eigenvalue weighted by molar-refractivity contribution is 7.89. The average molecular weight is 467 g/mol. The van der Waals surface area contributed by atoms with Crippen LogP contribution < -0.4 is 14.8 Å². The molecule has 2 aromatic carbocycles. The van der Waals surface area contributed by atoms with E-state index in [-0.39, 0.29) is 36.2 Å². The molecule has 0 bridgehead atoms. The predicted octanol–water partition coefficient (Wildman–Crippen LogP) is 1.73. The maximum atomic E-state index is 13.0. The van der Waals surface area contributed by atoms with Gasteiger partial charge in [-0.25, -0.2) is 17.5 Å². The van der Waals surface area contributed by atoms with E-state index in [0.717, 1.165) is 5.56 Å². The number of benzene rings is 2. The van der Waals surface area contributed by atoms with Gasteiger partial charge in [-0.1, -0.05) is 18.2 Å². The van der Waals surface area contributed by atoms with Gasteiger partial charge < -0.3 is 19.9 Å². The zero-order valence-corrected chi connectivity index (χ0v) is 18.5. The van der Waals surface area contributed by atoms with Crippen molar-refractivity contribution in [2.75, 3.05) is 13.7 Å². The molecule has 0 saturated carbocycles. The average Bonchev–Trinajstić information content (AvgIpc) is 2.79. The molecule has 0 unspecified atom stereocenters. The summed E-state index contributed by atoms with van der Waals surface area (Å²) in [5.41, 5.74) is 0.768. The molecular weight excluding hydrogens is 439 g/mol. The number of halogens is 1. The SMILES string of the molecule is COc1cccc(S(=O)(=O)N[C@H]2CC[C@H](CC(=O)NCc3ccc(F)cc3)O[C@@H]2CO)c1. The van der Waals surface area contributed by atoms with Crippen LogP contribution in [-0.2, 0) is 26.1 Å². The number of rotatable bonds is 9. The van der Waals surface area contributed by atoms with Crippen LogP contribution in [0.5, 0.6) is 5.75 Å². The first-order valence-electron chi connectivity index (χ1n) is 10.2. The van der Waals surface area contributed by atoms with E-state index in [1.807, 2.05) is 0 Å². The molecule has 174 valence electrons. The maximum absolute atomic E-state index is 13.0. The summed E-state index contributed by atoms with van der Waals surface area (Å²) in [4.78, 5) is 12.3. The minimum atomic E-state index is -3.85. The monoisotopic (exact) mass is 466 g/mol. The summed E-state index contributed by atoms with van der Waals surface area (Å²) in [7, 11) is -2.40. The summed E-state index contributed by atoms with van der Waals surface area (Å²) in [5, 5.41) is 12.5. The highest BCUT2D eigenvalue weighted by atomic mass is 32.2. The Morgan fingerprint density at radius 3 is 2.66 bits per heavy atom. The van der Waals surface area contributed by atoms with Gasteiger partial charge in [0.15, 0.2) is 0 Å². The van der Waals surface area contributed by atoms with Crippen molar-refractivity contribution in [3.05, 3.63) is 59.9 Å². The molecule has 0 radical (unpaired) electrons. The summed E-state index contributed by atoms with van der Waals surface area (Å²) >= 11 is 0. The van der Waals surface area contributed by atoms with Crippen LogP contribution >= 0.6 is 0 Å². The third kappa shape index (κ3) is 6.49. The summed E-state index contributed by atoms with van der Waals surface area (Å²) in [6.07, 6.45) is -0.291. The lowest BCUT2D eigenvalue weighted by Crippen LogP contribution is -2.51. The molecule has 1 heterocycles. The van der Waals surface area contributed by atoms with E-state index in [2.05, 4.69) is 10.0 Å². The first kappa shape index (κ1) is 24.1. The summed E-state index contributed by atoms with van der Waals surface area (Å²) in [6, 6.07) is 11.3. The second-order valence-corrected chi connectivity index (χ2v) is 9.28. The Morgan fingerprint density at radius 2 is 1.97 bits per heavy atom. The molecule has 8 nitrogen and oxygen atoms in total. The minimum Gasteiger partial charge on any atom is -0.497 e. The van der Waals surface area contributed by atoms with Gasteiger partial charge in [0, 0.05) is 12.6 Å². The van der Waals surface area contributed by atoms with E-state index in [1.165, 1.54) is 31.4 Å². The van der Waals surface area contributed by atoms with E-state index in [0.29, 0.717) is 18.6 Å². The Bertz CT molecular complexity index is 1020. The van der Waals surface area contributed by atoms with Crippen molar-refractivity contribution in [2.45, 2.75) is 49.0 Å². The molecule has 3 rings (SSSR count). The third-order valence-electron chi connectivity index (χ3n) is 5.27. The van der Waals surface area contributed by atoms with Crippen molar-refractivity contribution in [2.24, 2.45) is 0 Å². The van der Waals surface area contributed by atoms with Gasteiger partial charge in [0.1, 0.15) is 11.6 Å². The Labute approximate surface area is 186 Å². The smallest absolute Gasteiger partial charge is 0.241 e. The highest BCUT2D eigenvalue weighted by Gasteiger charge is 2.34. The zero-order valence-electron chi connectivity index (χ0n) is 17.7. The number of aliphatic hydroxyl groups excluding tert-OH is 1. The molecule has 3 atom stereocenters. The Morgan fingerprint density at radius 1 is 1.22 bits per heavy atom. The van der Waals surface area contributed by atoms with Crippen LogP contribution in [0.25, 0.3) is 0 Å². The first-order valence-corrected chi connectivity index (χ1v) is 11.7. The molecule has 2 aromatic rings. The number of amides is 1. The van der Waals surface area contributed by atoms with Gasteiger partial charge in [-0.15, -0.1) is 0 Å². The predicted molar refractivity (Wildman–Crippen MR) is 115 cm³/mol. The van der Waals surface area contributed by atoms with Gasteiger partial charge in [0.2, 0.25) is 15.9 Å². The maximum Gasteiger partial charge on any atom is 0.241 e. The quantitative estimate of drug-likeness (QED) is 0.519. The van der Waals surface area contributed by atoms with Gasteiger partial charge in [-0.05, 0) is 42.7 Å². The van der Waals surface area contributed by atoms with Crippen molar-refractivity contribution in [3.63, 3.8) is 0 Å². The van der Waals surface area contributed by atoms with Crippen LogP contribution in [0.4, 0.5) is 4.39 Å². The van der Waals surface area contributed by atoms with E-state index < -0.39 is 28.3 Å². The van der Waals surface area contributed by atoms with Gasteiger partial charge >= 0.3 is 0 Å². The number of ether oxygens (including phenoxy) is 2. The van der Waals surface area contributed by atoms with Crippen LogP contribution in [0.1, 0.15) is 24.8 Å². The largest absolute Gasteiger partial charge is 0.497 e. The topological polar surface area (TPSA) is 114 Å². The van der Waals surface area contributed by atoms with Crippen molar-refractivity contribution in [3.8, 4) is 5.75 Å². The van der Waals surface area contributed by atoms with Gasteiger partial charge in [-0.3, -0.25) is 4.79 Å². The number of sulfonamides is 1. The fourth-order valence-electron chi connectivity index (χ4n) is 3.53. The molecule has 10 heteroatoms. The summed E-state index contributed by atoms with van der Waals surface area (Å²) in [5.74, 6) is -0.174. The third-order valence-corrected chi connectivity index (χ3v) is 6.76. The van der Waals surface area contributed by atoms with Crippen LogP contribution in [0.3, 0.4) is 0 Å². The van der Waals surface area contributed by atoms with E-state index in [1.54, 1.807) is 24.3 Å². The molecule has 1 aliphatic heterocycles. The van der Waals surface area contributed by atoms with Gasteiger partial charge in [-0.2, -0.15) is 0 Å². The van der Waals surface area contributed by atoms with Crippen LogP contribution in [0.2, 0.25) is 0 Å². The van der Waals surface area contributed by atoms with Crippen molar-refractivity contribution < 1.29 is 32.2 Å². The van der Waals surface area contributed by atoms with Crippen LogP contribution in [-0.4, -0.2) is 51.4 Å². The van der Waals surface area contributed by atoms with Crippen molar-refractivity contribution >= 4 is 15.9 Å². The standard InChI is InChI=1S/C22H27FN2O6S/c1-30-17-3-2-4-19(11-17)32(28,29)25-20-10-9-18(31-21(20)14-26)12-22(27)24-13-15-5-7-16(23)8-6-15/h2-8,11,18,20-21,25-26H,9-10,12-14H2,1H3,(H,24,27)/t18-,20+,21-/m1/s1. The van der Waals surface area contributed by atoms with Crippen LogP contribution in [0, 0.1) is 5.82 Å². The number of hydrogen-bond acceptors (Lipinski definition) is 6. The Balaban J connectivity index is 1.53. The lowest BCUT2D eigenvalue weighted by atomic mass is 9.98. The summed E-state index contributed by atoms with van der Waals surface area (Å²) in [6.45, 7) is -0.128.